The van der Waals surface area contributed by atoms with Gasteiger partial charge >= 0.3 is 0 Å². The SMILES string of the molecule is CCn1c(SCC(=O)N(C)CCOc2ccc(Br)cc2)nnc1-c1ccco1. The maximum atomic E-state index is 12.4. The third-order valence-electron chi connectivity index (χ3n) is 4.03. The molecule has 2 heterocycles. The monoisotopic (exact) mass is 464 g/mol. The summed E-state index contributed by atoms with van der Waals surface area (Å²) in [6.45, 7) is 3.64. The van der Waals surface area contributed by atoms with Gasteiger partial charge in [0.2, 0.25) is 5.91 Å². The maximum absolute atomic E-state index is 12.4. The molecule has 0 saturated heterocycles. The number of aromatic nitrogens is 3. The molecule has 0 saturated carbocycles. The average Bonchev–Trinajstić information content (AvgIpc) is 3.36. The predicted molar refractivity (Wildman–Crippen MR) is 111 cm³/mol. The van der Waals surface area contributed by atoms with Crippen LogP contribution in [0.1, 0.15) is 6.92 Å². The van der Waals surface area contributed by atoms with E-state index in [0.29, 0.717) is 36.4 Å². The molecule has 0 atom stereocenters. The van der Waals surface area contributed by atoms with Crippen molar-refractivity contribution in [2.24, 2.45) is 0 Å². The van der Waals surface area contributed by atoms with Gasteiger partial charge < -0.3 is 14.1 Å². The Balaban J connectivity index is 1.49. The molecule has 0 N–H and O–H groups in total. The average molecular weight is 465 g/mol. The van der Waals surface area contributed by atoms with E-state index in [4.69, 9.17) is 9.15 Å². The summed E-state index contributed by atoms with van der Waals surface area (Å²) in [5.74, 6) is 2.40. The Bertz CT molecular complexity index is 897. The van der Waals surface area contributed by atoms with E-state index < -0.39 is 0 Å². The molecule has 0 bridgehead atoms. The Morgan fingerprint density at radius 2 is 2.07 bits per heavy atom. The van der Waals surface area contributed by atoms with Gasteiger partial charge in [-0.1, -0.05) is 27.7 Å². The van der Waals surface area contributed by atoms with Crippen LogP contribution in [0.4, 0.5) is 0 Å². The number of ether oxygens (including phenoxy) is 1. The Hall–Kier alpha value is -2.26. The van der Waals surface area contributed by atoms with E-state index in [2.05, 4.69) is 26.1 Å². The molecule has 0 aliphatic heterocycles. The molecule has 2 aromatic heterocycles. The molecule has 3 aromatic rings. The first-order chi connectivity index (χ1) is 13.6. The van der Waals surface area contributed by atoms with Crippen molar-refractivity contribution in [3.63, 3.8) is 0 Å². The summed E-state index contributed by atoms with van der Waals surface area (Å²) in [4.78, 5) is 14.1. The minimum Gasteiger partial charge on any atom is -0.492 e. The van der Waals surface area contributed by atoms with Gasteiger partial charge in [0.25, 0.3) is 0 Å². The molecule has 1 amide bonds. The Labute approximate surface area is 176 Å². The van der Waals surface area contributed by atoms with Gasteiger partial charge in [-0.15, -0.1) is 10.2 Å². The molecule has 1 aromatic carbocycles. The summed E-state index contributed by atoms with van der Waals surface area (Å²) in [6, 6.07) is 11.3. The zero-order chi connectivity index (χ0) is 19.9. The molecular formula is C19H21BrN4O3S. The van der Waals surface area contributed by atoms with E-state index >= 15 is 0 Å². The standard InChI is InChI=1S/C19H21BrN4O3S/c1-3-24-18(16-5-4-11-27-16)21-22-19(24)28-13-17(25)23(2)10-12-26-15-8-6-14(20)7-9-15/h4-9,11H,3,10,12-13H2,1-2H3. The fraction of sp³-hybridized carbons (Fsp3) is 0.316. The van der Waals surface area contributed by atoms with Crippen LogP contribution < -0.4 is 4.74 Å². The van der Waals surface area contributed by atoms with Crippen LogP contribution in [-0.2, 0) is 11.3 Å². The molecule has 0 aliphatic carbocycles. The number of carbonyl (C=O) groups is 1. The second kappa shape index (κ2) is 9.79. The lowest BCUT2D eigenvalue weighted by Crippen LogP contribution is -2.32. The predicted octanol–water partition coefficient (Wildman–Crippen LogP) is 3.95. The zero-order valence-electron chi connectivity index (χ0n) is 15.7. The minimum absolute atomic E-state index is 0.00890. The molecule has 0 fully saturated rings. The lowest BCUT2D eigenvalue weighted by Gasteiger charge is -2.17. The minimum atomic E-state index is 0.00890. The van der Waals surface area contributed by atoms with Gasteiger partial charge in [0, 0.05) is 18.1 Å². The van der Waals surface area contributed by atoms with E-state index in [1.807, 2.05) is 47.9 Å². The highest BCUT2D eigenvalue weighted by Crippen LogP contribution is 2.24. The topological polar surface area (TPSA) is 73.4 Å². The van der Waals surface area contributed by atoms with Crippen LogP contribution in [0.25, 0.3) is 11.6 Å². The van der Waals surface area contributed by atoms with Crippen LogP contribution in [-0.4, -0.2) is 51.5 Å². The number of carbonyl (C=O) groups excluding carboxylic acids is 1. The molecule has 3 rings (SSSR count). The number of furan rings is 1. The lowest BCUT2D eigenvalue weighted by molar-refractivity contribution is -0.127. The summed E-state index contributed by atoms with van der Waals surface area (Å²) in [5.41, 5.74) is 0. The zero-order valence-corrected chi connectivity index (χ0v) is 18.1. The fourth-order valence-corrected chi connectivity index (χ4v) is 3.67. The molecule has 9 heteroatoms. The van der Waals surface area contributed by atoms with Gasteiger partial charge in [0.15, 0.2) is 16.7 Å². The van der Waals surface area contributed by atoms with Crippen LogP contribution in [0.5, 0.6) is 5.75 Å². The van der Waals surface area contributed by atoms with Gasteiger partial charge in [-0.3, -0.25) is 9.36 Å². The third kappa shape index (κ3) is 5.17. The second-order valence-electron chi connectivity index (χ2n) is 5.93. The fourth-order valence-electron chi connectivity index (χ4n) is 2.46. The molecule has 28 heavy (non-hydrogen) atoms. The van der Waals surface area contributed by atoms with Crippen LogP contribution >= 0.6 is 27.7 Å². The van der Waals surface area contributed by atoms with Crippen molar-refractivity contribution in [3.05, 3.63) is 47.1 Å². The van der Waals surface area contributed by atoms with Crippen molar-refractivity contribution >= 4 is 33.6 Å². The molecule has 0 unspecified atom stereocenters. The number of benzene rings is 1. The van der Waals surface area contributed by atoms with Gasteiger partial charge in [-0.05, 0) is 43.3 Å². The first-order valence-corrected chi connectivity index (χ1v) is 10.6. The Morgan fingerprint density at radius 3 is 2.75 bits per heavy atom. The number of nitrogens with zero attached hydrogens (tertiary/aromatic N) is 4. The van der Waals surface area contributed by atoms with Crippen LogP contribution in [0.3, 0.4) is 0 Å². The van der Waals surface area contributed by atoms with Crippen molar-refractivity contribution in [1.82, 2.24) is 19.7 Å². The first kappa shape index (κ1) is 20.5. The highest BCUT2D eigenvalue weighted by Gasteiger charge is 2.17. The van der Waals surface area contributed by atoms with Gasteiger partial charge in [0.1, 0.15) is 12.4 Å². The number of likely N-dealkylation sites (N-methyl/N-ethyl adjacent to an activating group) is 1. The number of hydrogen-bond donors (Lipinski definition) is 0. The molecule has 7 nitrogen and oxygen atoms in total. The summed E-state index contributed by atoms with van der Waals surface area (Å²) < 4.78 is 14.0. The smallest absolute Gasteiger partial charge is 0.232 e. The van der Waals surface area contributed by atoms with Crippen LogP contribution in [0, 0.1) is 0 Å². The Morgan fingerprint density at radius 1 is 1.29 bits per heavy atom. The Kier molecular flexibility index (Phi) is 7.16. The number of amides is 1. The lowest BCUT2D eigenvalue weighted by atomic mass is 10.3. The van der Waals surface area contributed by atoms with Gasteiger partial charge in [-0.25, -0.2) is 0 Å². The number of thioether (sulfide) groups is 1. The summed E-state index contributed by atoms with van der Waals surface area (Å²) in [6.07, 6.45) is 1.60. The van der Waals surface area contributed by atoms with E-state index in [1.54, 1.807) is 18.2 Å². The van der Waals surface area contributed by atoms with Gasteiger partial charge in [0.05, 0.1) is 18.6 Å². The summed E-state index contributed by atoms with van der Waals surface area (Å²) in [7, 11) is 1.77. The summed E-state index contributed by atoms with van der Waals surface area (Å²) >= 11 is 4.76. The van der Waals surface area contributed by atoms with E-state index in [-0.39, 0.29) is 11.7 Å². The third-order valence-corrected chi connectivity index (χ3v) is 5.51. The van der Waals surface area contributed by atoms with Crippen LogP contribution in [0.15, 0.2) is 56.7 Å². The van der Waals surface area contributed by atoms with E-state index in [9.17, 15) is 4.79 Å². The molecule has 0 spiro atoms. The first-order valence-electron chi connectivity index (χ1n) is 8.80. The normalized spacial score (nSPS) is 10.8. The van der Waals surface area contributed by atoms with Crippen molar-refractivity contribution in [2.45, 2.75) is 18.6 Å². The van der Waals surface area contributed by atoms with E-state index in [1.165, 1.54) is 11.8 Å². The van der Waals surface area contributed by atoms with Crippen molar-refractivity contribution in [3.8, 4) is 17.3 Å². The van der Waals surface area contributed by atoms with Crippen LogP contribution in [0.2, 0.25) is 0 Å². The number of hydrogen-bond acceptors (Lipinski definition) is 6. The van der Waals surface area contributed by atoms with E-state index in [0.717, 1.165) is 10.2 Å². The van der Waals surface area contributed by atoms with Crippen molar-refractivity contribution < 1.29 is 13.9 Å². The molecule has 148 valence electrons. The summed E-state index contributed by atoms with van der Waals surface area (Å²) in [5, 5.41) is 9.09. The molecular weight excluding hydrogens is 444 g/mol. The largest absolute Gasteiger partial charge is 0.492 e. The molecule has 0 aliphatic rings. The quantitative estimate of drug-likeness (QED) is 0.446. The highest BCUT2D eigenvalue weighted by molar-refractivity contribution is 9.10. The van der Waals surface area contributed by atoms with Crippen molar-refractivity contribution in [2.75, 3.05) is 26.0 Å². The van der Waals surface area contributed by atoms with Gasteiger partial charge in [-0.2, -0.15) is 0 Å². The second-order valence-corrected chi connectivity index (χ2v) is 7.79. The maximum Gasteiger partial charge on any atom is 0.232 e. The highest BCUT2D eigenvalue weighted by atomic mass is 79.9. The van der Waals surface area contributed by atoms with Crippen molar-refractivity contribution in [1.29, 1.82) is 0 Å². The number of halogens is 1. The number of rotatable bonds is 9. The molecule has 0 radical (unpaired) electrons.